The largest absolute Gasteiger partial charge is 0.455 e. The summed E-state index contributed by atoms with van der Waals surface area (Å²) in [5.41, 5.74) is 2.71. The molecule has 9 heteroatoms. The first-order valence-corrected chi connectivity index (χ1v) is 9.45. The molecule has 0 saturated carbocycles. The zero-order valence-electron chi connectivity index (χ0n) is 13.3. The van der Waals surface area contributed by atoms with E-state index in [1.807, 2.05) is 4.90 Å². The lowest BCUT2D eigenvalue weighted by Crippen LogP contribution is -2.53. The number of carbonyl (C=O) groups is 1. The van der Waals surface area contributed by atoms with Crippen molar-refractivity contribution in [3.05, 3.63) is 47.8 Å². The van der Waals surface area contributed by atoms with E-state index in [2.05, 4.69) is 13.7 Å². The maximum Gasteiger partial charge on any atom is 0.338 e. The second-order valence-corrected chi connectivity index (χ2v) is 7.55. The minimum absolute atomic E-state index is 0.185. The monoisotopic (exact) mass is 386 g/mol. The van der Waals surface area contributed by atoms with Crippen LogP contribution in [0.2, 0.25) is 0 Å². The molecule has 2 aromatic carbocycles. The van der Waals surface area contributed by atoms with Crippen LogP contribution in [0.25, 0.3) is 21.3 Å². The number of nitrogens with zero attached hydrogens (tertiary/aromatic N) is 4. The van der Waals surface area contributed by atoms with Crippen molar-refractivity contribution in [2.45, 2.75) is 6.10 Å². The Morgan fingerprint density at radius 2 is 1.92 bits per heavy atom. The van der Waals surface area contributed by atoms with E-state index in [0.29, 0.717) is 24.2 Å². The van der Waals surface area contributed by atoms with Crippen LogP contribution in [0.3, 0.4) is 0 Å². The number of thiazole rings is 1. The molecular weight excluding hydrogens is 375 g/mol. The van der Waals surface area contributed by atoms with Gasteiger partial charge in [-0.2, -0.15) is 8.75 Å². The molecule has 26 heavy (non-hydrogen) atoms. The van der Waals surface area contributed by atoms with Crippen molar-refractivity contribution in [2.24, 2.45) is 0 Å². The van der Waals surface area contributed by atoms with Gasteiger partial charge < -0.3 is 9.64 Å². The van der Waals surface area contributed by atoms with Gasteiger partial charge >= 0.3 is 5.97 Å². The van der Waals surface area contributed by atoms with E-state index in [1.165, 1.54) is 23.5 Å². The van der Waals surface area contributed by atoms with E-state index in [1.54, 1.807) is 24.3 Å². The minimum atomic E-state index is -0.365. The molecule has 1 aliphatic rings. The van der Waals surface area contributed by atoms with E-state index >= 15 is 0 Å². The molecular formula is C17H11FN4O2S2. The van der Waals surface area contributed by atoms with Gasteiger partial charge in [-0.1, -0.05) is 11.3 Å². The average Bonchev–Trinajstić information content (AvgIpc) is 3.22. The summed E-state index contributed by atoms with van der Waals surface area (Å²) in [6, 6.07) is 9.72. The Morgan fingerprint density at radius 3 is 2.81 bits per heavy atom. The maximum atomic E-state index is 13.3. The Labute approximate surface area is 155 Å². The molecule has 2 aromatic heterocycles. The fourth-order valence-electron chi connectivity index (χ4n) is 2.82. The zero-order valence-corrected chi connectivity index (χ0v) is 14.9. The van der Waals surface area contributed by atoms with Crippen LogP contribution in [-0.4, -0.2) is 38.9 Å². The van der Waals surface area contributed by atoms with Crippen molar-refractivity contribution in [1.29, 1.82) is 0 Å². The number of esters is 1. The smallest absolute Gasteiger partial charge is 0.338 e. The summed E-state index contributed by atoms with van der Waals surface area (Å²) in [5, 5.41) is 0.813. The van der Waals surface area contributed by atoms with Crippen LogP contribution in [0.4, 0.5) is 9.52 Å². The van der Waals surface area contributed by atoms with Crippen molar-refractivity contribution in [3.63, 3.8) is 0 Å². The molecule has 1 aliphatic heterocycles. The molecule has 0 amide bonds. The molecule has 0 aliphatic carbocycles. The van der Waals surface area contributed by atoms with Crippen molar-refractivity contribution < 1.29 is 13.9 Å². The summed E-state index contributed by atoms with van der Waals surface area (Å²) >= 11 is 2.55. The van der Waals surface area contributed by atoms with Gasteiger partial charge in [0.25, 0.3) is 0 Å². The number of ether oxygens (including phenoxy) is 1. The lowest BCUT2D eigenvalue weighted by molar-refractivity contribution is 0.0234. The number of benzene rings is 2. The number of halogens is 1. The fraction of sp³-hybridized carbons (Fsp3) is 0.176. The van der Waals surface area contributed by atoms with Crippen LogP contribution in [0.15, 0.2) is 36.4 Å². The number of anilines is 1. The first-order valence-electron chi connectivity index (χ1n) is 7.90. The van der Waals surface area contributed by atoms with Crippen molar-refractivity contribution >= 4 is 55.4 Å². The third kappa shape index (κ3) is 2.69. The lowest BCUT2D eigenvalue weighted by atomic mass is 10.1. The predicted molar refractivity (Wildman–Crippen MR) is 98.4 cm³/mol. The number of fused-ring (bicyclic) bond motifs is 2. The second-order valence-electron chi connectivity index (χ2n) is 6.01. The van der Waals surface area contributed by atoms with Crippen LogP contribution in [0.1, 0.15) is 10.4 Å². The normalized spacial score (nSPS) is 14.7. The highest BCUT2D eigenvalue weighted by atomic mass is 32.1. The van der Waals surface area contributed by atoms with Crippen LogP contribution in [0, 0.1) is 5.82 Å². The number of aromatic nitrogens is 3. The highest BCUT2D eigenvalue weighted by molar-refractivity contribution is 7.22. The highest BCUT2D eigenvalue weighted by Crippen LogP contribution is 2.32. The van der Waals surface area contributed by atoms with E-state index in [9.17, 15) is 9.18 Å². The Morgan fingerprint density at radius 1 is 1.12 bits per heavy atom. The van der Waals surface area contributed by atoms with Gasteiger partial charge in [-0.15, -0.1) is 0 Å². The summed E-state index contributed by atoms with van der Waals surface area (Å²) < 4.78 is 27.9. The molecule has 0 N–H and O–H groups in total. The van der Waals surface area contributed by atoms with Crippen LogP contribution < -0.4 is 4.90 Å². The molecule has 1 saturated heterocycles. The van der Waals surface area contributed by atoms with E-state index in [4.69, 9.17) is 4.74 Å². The van der Waals surface area contributed by atoms with Crippen molar-refractivity contribution in [3.8, 4) is 0 Å². The van der Waals surface area contributed by atoms with Gasteiger partial charge in [0.1, 0.15) is 23.0 Å². The van der Waals surface area contributed by atoms with Gasteiger partial charge in [0.15, 0.2) is 5.13 Å². The number of hydrogen-bond donors (Lipinski definition) is 0. The number of carbonyl (C=O) groups excluding carboxylic acids is 1. The molecule has 3 heterocycles. The highest BCUT2D eigenvalue weighted by Gasteiger charge is 2.32. The zero-order chi connectivity index (χ0) is 17.7. The van der Waals surface area contributed by atoms with Gasteiger partial charge in [-0.05, 0) is 36.4 Å². The molecule has 4 aromatic rings. The molecule has 6 nitrogen and oxygen atoms in total. The van der Waals surface area contributed by atoms with E-state index in [0.717, 1.165) is 32.6 Å². The summed E-state index contributed by atoms with van der Waals surface area (Å²) in [5.74, 6) is -0.633. The van der Waals surface area contributed by atoms with Crippen LogP contribution in [-0.2, 0) is 4.74 Å². The Kier molecular flexibility index (Phi) is 3.57. The molecule has 1 fully saturated rings. The fourth-order valence-corrected chi connectivity index (χ4v) is 4.34. The molecule has 5 rings (SSSR count). The topological polar surface area (TPSA) is 68.2 Å². The van der Waals surface area contributed by atoms with Gasteiger partial charge in [0.05, 0.1) is 40.6 Å². The van der Waals surface area contributed by atoms with Gasteiger partial charge in [-0.3, -0.25) is 0 Å². The summed E-state index contributed by atoms with van der Waals surface area (Å²) in [4.78, 5) is 18.8. The van der Waals surface area contributed by atoms with Gasteiger partial charge in [0.2, 0.25) is 0 Å². The molecule has 0 atom stereocenters. The van der Waals surface area contributed by atoms with E-state index in [-0.39, 0.29) is 17.9 Å². The third-order valence-electron chi connectivity index (χ3n) is 4.22. The van der Waals surface area contributed by atoms with Gasteiger partial charge in [-0.25, -0.2) is 14.2 Å². The molecule has 0 bridgehead atoms. The summed E-state index contributed by atoms with van der Waals surface area (Å²) in [6.45, 7) is 1.16. The first-order chi connectivity index (χ1) is 12.7. The summed E-state index contributed by atoms with van der Waals surface area (Å²) in [6.07, 6.45) is -0.185. The summed E-state index contributed by atoms with van der Waals surface area (Å²) in [7, 11) is 0. The van der Waals surface area contributed by atoms with Gasteiger partial charge in [0, 0.05) is 0 Å². The van der Waals surface area contributed by atoms with Crippen LogP contribution >= 0.6 is 23.1 Å². The van der Waals surface area contributed by atoms with E-state index < -0.39 is 0 Å². The Balaban J connectivity index is 1.25. The lowest BCUT2D eigenvalue weighted by Gasteiger charge is -2.38. The first kappa shape index (κ1) is 15.6. The molecule has 130 valence electrons. The SMILES string of the molecule is O=C(OC1CN(c2nc3ccc(F)cc3s2)C1)c1ccc2nsnc2c1. The molecule has 0 spiro atoms. The molecule has 0 radical (unpaired) electrons. The number of rotatable bonds is 3. The average molecular weight is 386 g/mol. The van der Waals surface area contributed by atoms with Crippen LogP contribution in [0.5, 0.6) is 0 Å². The standard InChI is InChI=1S/C17H11FN4O2S2/c18-10-2-4-13-15(6-10)25-17(19-13)22-7-11(8-22)24-16(23)9-1-3-12-14(5-9)21-26-20-12/h1-6,11H,7-8H2. The van der Waals surface area contributed by atoms with Crippen molar-refractivity contribution in [1.82, 2.24) is 13.7 Å². The quantitative estimate of drug-likeness (QED) is 0.502. The second kappa shape index (κ2) is 5.96. The number of hydrogen-bond acceptors (Lipinski definition) is 8. The third-order valence-corrected chi connectivity index (χ3v) is 5.86. The minimum Gasteiger partial charge on any atom is -0.455 e. The Hall–Kier alpha value is -2.65. The van der Waals surface area contributed by atoms with Crippen molar-refractivity contribution in [2.75, 3.05) is 18.0 Å². The predicted octanol–water partition coefficient (Wildman–Crippen LogP) is 3.49. The molecule has 0 unspecified atom stereocenters. The Bertz CT molecular complexity index is 1140. The maximum absolute atomic E-state index is 13.3.